The first kappa shape index (κ1) is 9.06. The maximum absolute atomic E-state index is 12.5. The van der Waals surface area contributed by atoms with E-state index in [1.54, 1.807) is 6.08 Å². The Hall–Kier alpha value is -0.510. The van der Waals surface area contributed by atoms with Gasteiger partial charge in [-0.2, -0.15) is 13.2 Å². The molecule has 0 amide bonds. The highest BCUT2D eigenvalue weighted by Gasteiger charge is 2.56. The first-order valence-corrected chi connectivity index (χ1v) is 4.40. The van der Waals surface area contributed by atoms with Gasteiger partial charge in [-0.25, -0.2) is 0 Å². The van der Waals surface area contributed by atoms with Gasteiger partial charge in [-0.05, 0) is 18.3 Å². The Morgan fingerprint density at radius 3 is 2.31 bits per heavy atom. The minimum atomic E-state index is -4.16. The molecule has 13 heavy (non-hydrogen) atoms. The van der Waals surface area contributed by atoms with E-state index in [0.717, 1.165) is 0 Å². The minimum Gasteiger partial charge on any atom is -0.396 e. The molecule has 74 valence electrons. The van der Waals surface area contributed by atoms with Gasteiger partial charge >= 0.3 is 6.18 Å². The molecule has 0 heterocycles. The topological polar surface area (TPSA) is 20.2 Å². The zero-order valence-corrected chi connectivity index (χ0v) is 6.96. The second-order valence-electron chi connectivity index (χ2n) is 3.86. The maximum atomic E-state index is 12.5. The normalized spacial score (nSPS) is 43.1. The van der Waals surface area contributed by atoms with Gasteiger partial charge in [0.15, 0.2) is 0 Å². The Morgan fingerprint density at radius 2 is 1.85 bits per heavy atom. The van der Waals surface area contributed by atoms with Crippen LogP contribution < -0.4 is 0 Å². The Morgan fingerprint density at radius 1 is 1.23 bits per heavy atom. The van der Waals surface area contributed by atoms with Crippen molar-refractivity contribution in [3.05, 3.63) is 12.2 Å². The lowest BCUT2D eigenvalue weighted by atomic mass is 9.83. The van der Waals surface area contributed by atoms with Gasteiger partial charge in [0.2, 0.25) is 0 Å². The number of fused-ring (bicyclic) bond motifs is 2. The smallest absolute Gasteiger partial charge is 0.392 e. The second kappa shape index (κ2) is 2.74. The van der Waals surface area contributed by atoms with Gasteiger partial charge in [0.05, 0.1) is 5.92 Å². The molecular weight excluding hydrogens is 181 g/mol. The lowest BCUT2D eigenvalue weighted by Crippen LogP contribution is -2.35. The molecule has 0 aromatic heterocycles. The number of aliphatic hydroxyl groups excluding tert-OH is 1. The molecule has 0 spiro atoms. The van der Waals surface area contributed by atoms with E-state index in [0.29, 0.717) is 6.42 Å². The predicted octanol–water partition coefficient (Wildman–Crippen LogP) is 1.98. The third kappa shape index (κ3) is 1.27. The summed E-state index contributed by atoms with van der Waals surface area (Å²) in [5.41, 5.74) is 0. The zero-order valence-electron chi connectivity index (χ0n) is 6.96. The lowest BCUT2D eigenvalue weighted by Gasteiger charge is -2.28. The van der Waals surface area contributed by atoms with E-state index in [2.05, 4.69) is 0 Å². The molecule has 2 bridgehead atoms. The highest BCUT2D eigenvalue weighted by atomic mass is 19.4. The van der Waals surface area contributed by atoms with E-state index in [9.17, 15) is 13.2 Å². The number of aliphatic hydroxyl groups is 1. The van der Waals surface area contributed by atoms with Crippen molar-refractivity contribution in [3.63, 3.8) is 0 Å². The van der Waals surface area contributed by atoms with E-state index >= 15 is 0 Å². The molecule has 0 radical (unpaired) electrons. The standard InChI is InChI=1S/C9H11F3O/c10-9(11,12)8-6-2-1-5(3-6)7(8)4-13/h1-2,5-8,13H,3-4H2/t5-,6-,7-,8-/m0/s1. The molecule has 4 heteroatoms. The molecule has 1 saturated carbocycles. The van der Waals surface area contributed by atoms with Crippen LogP contribution in [0.2, 0.25) is 0 Å². The fourth-order valence-electron chi connectivity index (χ4n) is 2.66. The van der Waals surface area contributed by atoms with Crippen LogP contribution in [0.1, 0.15) is 6.42 Å². The third-order valence-corrected chi connectivity index (χ3v) is 3.21. The van der Waals surface area contributed by atoms with Crippen LogP contribution in [0.3, 0.4) is 0 Å². The van der Waals surface area contributed by atoms with Crippen LogP contribution in [-0.4, -0.2) is 17.9 Å². The first-order chi connectivity index (χ1) is 6.04. The Balaban J connectivity index is 2.23. The molecule has 1 N–H and O–H groups in total. The average molecular weight is 192 g/mol. The van der Waals surface area contributed by atoms with Crippen molar-refractivity contribution in [2.45, 2.75) is 12.6 Å². The van der Waals surface area contributed by atoms with Crippen molar-refractivity contribution < 1.29 is 18.3 Å². The summed E-state index contributed by atoms with van der Waals surface area (Å²) < 4.78 is 37.5. The number of halogens is 3. The highest BCUT2D eigenvalue weighted by molar-refractivity contribution is 5.14. The molecular formula is C9H11F3O. The molecule has 2 aliphatic carbocycles. The van der Waals surface area contributed by atoms with E-state index in [4.69, 9.17) is 5.11 Å². The summed E-state index contributed by atoms with van der Waals surface area (Å²) in [4.78, 5) is 0. The van der Waals surface area contributed by atoms with Gasteiger partial charge in [-0.15, -0.1) is 0 Å². The predicted molar refractivity (Wildman–Crippen MR) is 40.9 cm³/mol. The van der Waals surface area contributed by atoms with Gasteiger partial charge in [0.25, 0.3) is 0 Å². The van der Waals surface area contributed by atoms with Crippen molar-refractivity contribution in [2.75, 3.05) is 6.61 Å². The van der Waals surface area contributed by atoms with Crippen LogP contribution in [-0.2, 0) is 0 Å². The Kier molecular flexibility index (Phi) is 1.91. The summed E-state index contributed by atoms with van der Waals surface area (Å²) >= 11 is 0. The van der Waals surface area contributed by atoms with Crippen molar-refractivity contribution in [3.8, 4) is 0 Å². The molecule has 0 aromatic carbocycles. The fourth-order valence-corrected chi connectivity index (χ4v) is 2.66. The van der Waals surface area contributed by atoms with Crippen molar-refractivity contribution in [1.82, 2.24) is 0 Å². The summed E-state index contributed by atoms with van der Waals surface area (Å²) in [6.07, 6.45) is -0.129. The molecule has 0 saturated heterocycles. The molecule has 4 atom stereocenters. The van der Waals surface area contributed by atoms with Crippen molar-refractivity contribution in [1.29, 1.82) is 0 Å². The maximum Gasteiger partial charge on any atom is 0.392 e. The van der Waals surface area contributed by atoms with E-state index in [-0.39, 0.29) is 18.4 Å². The summed E-state index contributed by atoms with van der Waals surface area (Å²) in [5.74, 6) is -2.36. The number of hydrogen-bond acceptors (Lipinski definition) is 1. The second-order valence-corrected chi connectivity index (χ2v) is 3.86. The van der Waals surface area contributed by atoms with E-state index in [1.165, 1.54) is 0 Å². The number of alkyl halides is 3. The summed E-state index contributed by atoms with van der Waals surface area (Å²) in [6, 6.07) is 0. The van der Waals surface area contributed by atoms with E-state index < -0.39 is 18.0 Å². The van der Waals surface area contributed by atoms with Crippen LogP contribution in [0, 0.1) is 23.7 Å². The van der Waals surface area contributed by atoms with Gasteiger partial charge in [-0.3, -0.25) is 0 Å². The van der Waals surface area contributed by atoms with Gasteiger partial charge in [-0.1, -0.05) is 12.2 Å². The molecule has 0 aromatic rings. The molecule has 0 unspecified atom stereocenters. The van der Waals surface area contributed by atoms with Gasteiger partial charge in [0, 0.05) is 12.5 Å². The SMILES string of the molecule is OC[C@@H]1[C@@H](C(F)(F)F)[C@H]2C=C[C@H]1C2. The summed E-state index contributed by atoms with van der Waals surface area (Å²) in [5, 5.41) is 8.89. The molecule has 2 aliphatic rings. The third-order valence-electron chi connectivity index (χ3n) is 3.21. The summed E-state index contributed by atoms with van der Waals surface area (Å²) in [6.45, 7) is -0.352. The van der Waals surface area contributed by atoms with Crippen LogP contribution in [0.5, 0.6) is 0 Å². The summed E-state index contributed by atoms with van der Waals surface area (Å²) in [7, 11) is 0. The van der Waals surface area contributed by atoms with Crippen molar-refractivity contribution in [2.24, 2.45) is 23.7 Å². The zero-order chi connectivity index (χ0) is 9.64. The number of hydrogen-bond donors (Lipinski definition) is 1. The average Bonchev–Trinajstić information content (AvgIpc) is 2.59. The molecule has 1 fully saturated rings. The quantitative estimate of drug-likeness (QED) is 0.630. The van der Waals surface area contributed by atoms with Crippen LogP contribution in [0.4, 0.5) is 13.2 Å². The molecule has 1 nitrogen and oxygen atoms in total. The van der Waals surface area contributed by atoms with Crippen LogP contribution in [0.25, 0.3) is 0 Å². The number of allylic oxidation sites excluding steroid dienone is 2. The Labute approximate surface area is 74.2 Å². The Bertz CT molecular complexity index is 234. The van der Waals surface area contributed by atoms with Crippen LogP contribution in [0.15, 0.2) is 12.2 Å². The fraction of sp³-hybridized carbons (Fsp3) is 0.778. The molecule has 2 rings (SSSR count). The molecule has 0 aliphatic heterocycles. The number of rotatable bonds is 1. The lowest BCUT2D eigenvalue weighted by molar-refractivity contribution is -0.196. The van der Waals surface area contributed by atoms with Gasteiger partial charge in [0.1, 0.15) is 0 Å². The van der Waals surface area contributed by atoms with Crippen LogP contribution >= 0.6 is 0 Å². The van der Waals surface area contributed by atoms with Gasteiger partial charge < -0.3 is 5.11 Å². The minimum absolute atomic E-state index is 0.0541. The first-order valence-electron chi connectivity index (χ1n) is 4.40. The van der Waals surface area contributed by atoms with E-state index in [1.807, 2.05) is 6.08 Å². The highest BCUT2D eigenvalue weighted by Crippen LogP contribution is 2.53. The monoisotopic (exact) mass is 192 g/mol. The van der Waals surface area contributed by atoms with Crippen molar-refractivity contribution >= 4 is 0 Å². The largest absolute Gasteiger partial charge is 0.396 e.